The van der Waals surface area contributed by atoms with E-state index in [2.05, 4.69) is 21.5 Å². The molecule has 0 aliphatic carbocycles. The second-order valence-electron chi connectivity index (χ2n) is 6.88. The van der Waals surface area contributed by atoms with Gasteiger partial charge in [0, 0.05) is 38.6 Å². The van der Waals surface area contributed by atoms with Crippen LogP contribution in [0.15, 0.2) is 36.5 Å². The van der Waals surface area contributed by atoms with Crippen LogP contribution in [-0.2, 0) is 7.05 Å². The van der Waals surface area contributed by atoms with Crippen molar-refractivity contribution in [2.45, 2.75) is 13.8 Å². The van der Waals surface area contributed by atoms with Gasteiger partial charge in [-0.15, -0.1) is 0 Å². The molecule has 7 heteroatoms. The van der Waals surface area contributed by atoms with Gasteiger partial charge >= 0.3 is 0 Å². The van der Waals surface area contributed by atoms with Crippen LogP contribution in [0.2, 0.25) is 0 Å². The maximum atomic E-state index is 12.6. The van der Waals surface area contributed by atoms with Crippen LogP contribution in [-0.4, -0.2) is 34.8 Å². The zero-order valence-corrected chi connectivity index (χ0v) is 16.6. The SMILES string of the molecule is Cc1cc(C(=O)Nc2ccc(C)c(-c3cnc(N(C)C)c(C#N)c3)c2)n(C)n1. The van der Waals surface area contributed by atoms with Crippen LogP contribution < -0.4 is 10.2 Å². The van der Waals surface area contributed by atoms with Crippen molar-refractivity contribution in [3.8, 4) is 17.2 Å². The fourth-order valence-electron chi connectivity index (χ4n) is 3.07. The predicted octanol–water partition coefficient (Wildman–Crippen LogP) is 3.29. The first-order valence-corrected chi connectivity index (χ1v) is 8.80. The Hall–Kier alpha value is -3.66. The highest BCUT2D eigenvalue weighted by molar-refractivity contribution is 6.03. The molecule has 0 saturated carbocycles. The van der Waals surface area contributed by atoms with E-state index in [1.807, 2.05) is 57.1 Å². The summed E-state index contributed by atoms with van der Waals surface area (Å²) < 4.78 is 1.56. The Labute approximate surface area is 164 Å². The quantitative estimate of drug-likeness (QED) is 0.757. The van der Waals surface area contributed by atoms with Crippen LogP contribution in [0.4, 0.5) is 11.5 Å². The van der Waals surface area contributed by atoms with Gasteiger partial charge in [-0.3, -0.25) is 9.48 Å². The van der Waals surface area contributed by atoms with Gasteiger partial charge in [-0.2, -0.15) is 10.4 Å². The average molecular weight is 374 g/mol. The van der Waals surface area contributed by atoms with E-state index >= 15 is 0 Å². The number of rotatable bonds is 4. The van der Waals surface area contributed by atoms with Crippen molar-refractivity contribution in [3.05, 3.63) is 59.0 Å². The van der Waals surface area contributed by atoms with Crippen LogP contribution >= 0.6 is 0 Å². The van der Waals surface area contributed by atoms with E-state index in [0.29, 0.717) is 22.8 Å². The van der Waals surface area contributed by atoms with Gasteiger partial charge in [-0.05, 0) is 49.2 Å². The normalized spacial score (nSPS) is 10.4. The van der Waals surface area contributed by atoms with E-state index in [-0.39, 0.29) is 5.91 Å². The van der Waals surface area contributed by atoms with Gasteiger partial charge in [0.25, 0.3) is 5.91 Å². The lowest BCUT2D eigenvalue weighted by atomic mass is 10.00. The van der Waals surface area contributed by atoms with Crippen molar-refractivity contribution in [2.24, 2.45) is 7.05 Å². The highest BCUT2D eigenvalue weighted by atomic mass is 16.2. The average Bonchev–Trinajstić information content (AvgIpc) is 3.00. The third-order valence-corrected chi connectivity index (χ3v) is 4.45. The molecule has 2 aromatic heterocycles. The molecule has 0 bridgehead atoms. The lowest BCUT2D eigenvalue weighted by Crippen LogP contribution is -2.16. The van der Waals surface area contributed by atoms with Crippen molar-refractivity contribution in [1.29, 1.82) is 5.26 Å². The van der Waals surface area contributed by atoms with E-state index in [1.165, 1.54) is 0 Å². The van der Waals surface area contributed by atoms with Gasteiger partial charge in [0.2, 0.25) is 0 Å². The lowest BCUT2D eigenvalue weighted by Gasteiger charge is -2.15. The topological polar surface area (TPSA) is 86.8 Å². The number of anilines is 2. The third kappa shape index (κ3) is 3.71. The Kier molecular flexibility index (Phi) is 5.14. The predicted molar refractivity (Wildman–Crippen MR) is 109 cm³/mol. The molecular formula is C21H22N6O. The van der Waals surface area contributed by atoms with Crippen LogP contribution in [0.5, 0.6) is 0 Å². The molecule has 2 heterocycles. The molecule has 0 unspecified atom stereocenters. The Bertz CT molecular complexity index is 1090. The number of nitrogens with zero attached hydrogens (tertiary/aromatic N) is 5. The number of nitrogens with one attached hydrogen (secondary N) is 1. The van der Waals surface area contributed by atoms with E-state index in [0.717, 1.165) is 22.4 Å². The molecule has 28 heavy (non-hydrogen) atoms. The van der Waals surface area contributed by atoms with Crippen molar-refractivity contribution < 1.29 is 4.79 Å². The standard InChI is InChI=1S/C21H22N6O/c1-13-6-7-17(24-21(28)19-8-14(2)25-27(19)5)10-18(13)16-9-15(11-22)20(23-12-16)26(3)4/h6-10,12H,1-5H3,(H,24,28). The molecule has 0 atom stereocenters. The van der Waals surface area contributed by atoms with Crippen molar-refractivity contribution in [2.75, 3.05) is 24.3 Å². The summed E-state index contributed by atoms with van der Waals surface area (Å²) in [6, 6.07) is 11.4. The van der Waals surface area contributed by atoms with E-state index in [4.69, 9.17) is 0 Å². The van der Waals surface area contributed by atoms with E-state index in [1.54, 1.807) is 24.0 Å². The second kappa shape index (κ2) is 7.53. The van der Waals surface area contributed by atoms with Crippen LogP contribution in [0.3, 0.4) is 0 Å². The largest absolute Gasteiger partial charge is 0.362 e. The molecular weight excluding hydrogens is 352 g/mol. The lowest BCUT2D eigenvalue weighted by molar-refractivity contribution is 0.101. The maximum Gasteiger partial charge on any atom is 0.273 e. The number of benzene rings is 1. The van der Waals surface area contributed by atoms with Gasteiger partial charge in [0.1, 0.15) is 17.6 Å². The smallest absolute Gasteiger partial charge is 0.273 e. The van der Waals surface area contributed by atoms with Gasteiger partial charge in [0.05, 0.1) is 11.3 Å². The number of pyridine rings is 1. The minimum Gasteiger partial charge on any atom is -0.362 e. The minimum absolute atomic E-state index is 0.225. The Morgan fingerprint density at radius 1 is 1.21 bits per heavy atom. The van der Waals surface area contributed by atoms with Gasteiger partial charge in [0.15, 0.2) is 0 Å². The van der Waals surface area contributed by atoms with Crippen LogP contribution in [0, 0.1) is 25.2 Å². The molecule has 1 N–H and O–H groups in total. The van der Waals surface area contributed by atoms with Crippen molar-refractivity contribution in [3.63, 3.8) is 0 Å². The zero-order valence-electron chi connectivity index (χ0n) is 16.6. The summed E-state index contributed by atoms with van der Waals surface area (Å²) >= 11 is 0. The third-order valence-electron chi connectivity index (χ3n) is 4.45. The van der Waals surface area contributed by atoms with Gasteiger partial charge < -0.3 is 10.2 Å². The number of aryl methyl sites for hydroxylation is 3. The van der Waals surface area contributed by atoms with Crippen LogP contribution in [0.1, 0.15) is 27.3 Å². The summed E-state index contributed by atoms with van der Waals surface area (Å²) in [6.45, 7) is 3.83. The van der Waals surface area contributed by atoms with Crippen molar-refractivity contribution >= 4 is 17.4 Å². The molecule has 7 nitrogen and oxygen atoms in total. The highest BCUT2D eigenvalue weighted by Gasteiger charge is 2.14. The Balaban J connectivity index is 1.95. The summed E-state index contributed by atoms with van der Waals surface area (Å²) in [5.41, 5.74) is 5.20. The first kappa shape index (κ1) is 19.1. The Morgan fingerprint density at radius 2 is 1.96 bits per heavy atom. The summed E-state index contributed by atoms with van der Waals surface area (Å²) in [7, 11) is 5.44. The molecule has 3 rings (SSSR count). The number of carbonyl (C=O) groups is 1. The van der Waals surface area contributed by atoms with Gasteiger partial charge in [-0.25, -0.2) is 4.98 Å². The van der Waals surface area contributed by atoms with Crippen molar-refractivity contribution in [1.82, 2.24) is 14.8 Å². The summed E-state index contributed by atoms with van der Waals surface area (Å²) in [5, 5.41) is 16.6. The zero-order chi connectivity index (χ0) is 20.4. The maximum absolute atomic E-state index is 12.6. The molecule has 0 saturated heterocycles. The number of carbonyl (C=O) groups excluding carboxylic acids is 1. The number of amides is 1. The molecule has 0 radical (unpaired) electrons. The molecule has 3 aromatic rings. The monoisotopic (exact) mass is 374 g/mol. The summed E-state index contributed by atoms with van der Waals surface area (Å²) in [4.78, 5) is 18.8. The molecule has 1 amide bonds. The minimum atomic E-state index is -0.225. The molecule has 142 valence electrons. The number of hydrogen-bond donors (Lipinski definition) is 1. The van der Waals surface area contributed by atoms with E-state index < -0.39 is 0 Å². The van der Waals surface area contributed by atoms with E-state index in [9.17, 15) is 10.1 Å². The molecule has 0 aliphatic rings. The first-order valence-electron chi connectivity index (χ1n) is 8.80. The summed E-state index contributed by atoms with van der Waals surface area (Å²) in [5.74, 6) is 0.400. The fraction of sp³-hybridized carbons (Fsp3) is 0.238. The highest BCUT2D eigenvalue weighted by Crippen LogP contribution is 2.29. The second-order valence-corrected chi connectivity index (χ2v) is 6.88. The van der Waals surface area contributed by atoms with Crippen LogP contribution in [0.25, 0.3) is 11.1 Å². The number of nitriles is 1. The summed E-state index contributed by atoms with van der Waals surface area (Å²) in [6.07, 6.45) is 1.74. The Morgan fingerprint density at radius 3 is 2.57 bits per heavy atom. The molecule has 0 fully saturated rings. The van der Waals surface area contributed by atoms with Gasteiger partial charge in [-0.1, -0.05) is 6.07 Å². The fourth-order valence-corrected chi connectivity index (χ4v) is 3.07. The number of aromatic nitrogens is 3. The number of hydrogen-bond acceptors (Lipinski definition) is 5. The molecule has 0 aliphatic heterocycles. The molecule has 1 aromatic carbocycles. The first-order chi connectivity index (χ1) is 13.3. The molecule has 0 spiro atoms.